The van der Waals surface area contributed by atoms with E-state index in [1.807, 2.05) is 30.3 Å². The highest BCUT2D eigenvalue weighted by atomic mass is 79.9. The van der Waals surface area contributed by atoms with Crippen LogP contribution in [0.5, 0.6) is 0 Å². The summed E-state index contributed by atoms with van der Waals surface area (Å²) in [4.78, 5) is 16.2. The summed E-state index contributed by atoms with van der Waals surface area (Å²) in [6.45, 7) is -0.0626. The van der Waals surface area contributed by atoms with Gasteiger partial charge in [-0.1, -0.05) is 21.1 Å². The van der Waals surface area contributed by atoms with Crippen molar-refractivity contribution in [3.8, 4) is 11.8 Å². The lowest BCUT2D eigenvalue weighted by Gasteiger charge is -2.02. The third-order valence-corrected chi connectivity index (χ3v) is 3.27. The number of fused-ring (bicyclic) bond motifs is 1. The lowest BCUT2D eigenvalue weighted by atomic mass is 10.3. The van der Waals surface area contributed by atoms with E-state index in [4.69, 9.17) is 5.26 Å². The van der Waals surface area contributed by atoms with Crippen LogP contribution in [-0.4, -0.2) is 24.5 Å². The average Bonchev–Trinajstić information content (AvgIpc) is 2.88. The maximum Gasteiger partial charge on any atom is 0.284 e. The van der Waals surface area contributed by atoms with Gasteiger partial charge in [0.05, 0.1) is 11.8 Å². The maximum atomic E-state index is 12.1. The molecule has 0 radical (unpaired) electrons. The first-order chi connectivity index (χ1) is 9.70. The van der Waals surface area contributed by atoms with E-state index in [0.717, 1.165) is 10.2 Å². The molecule has 0 saturated heterocycles. The highest BCUT2D eigenvalue weighted by molar-refractivity contribution is 9.10. The molecule has 0 bridgehead atoms. The SMILES string of the molecule is N#CCn1cnc2c(nnn2-c2ccc(Br)cc2)c1=O. The molecule has 3 aromatic rings. The van der Waals surface area contributed by atoms with Gasteiger partial charge >= 0.3 is 0 Å². The maximum absolute atomic E-state index is 12.1. The molecule has 0 unspecified atom stereocenters. The topological polar surface area (TPSA) is 89.4 Å². The van der Waals surface area contributed by atoms with Crippen LogP contribution < -0.4 is 5.56 Å². The Kier molecular flexibility index (Phi) is 3.04. The van der Waals surface area contributed by atoms with Crippen molar-refractivity contribution in [2.45, 2.75) is 6.54 Å². The van der Waals surface area contributed by atoms with E-state index in [2.05, 4.69) is 31.2 Å². The van der Waals surface area contributed by atoms with Crippen LogP contribution in [0.15, 0.2) is 39.9 Å². The summed E-state index contributed by atoms with van der Waals surface area (Å²) in [5.74, 6) is 0. The minimum Gasteiger partial charge on any atom is -0.283 e. The van der Waals surface area contributed by atoms with Crippen molar-refractivity contribution in [3.63, 3.8) is 0 Å². The molecule has 0 atom stereocenters. The number of halogens is 1. The van der Waals surface area contributed by atoms with Gasteiger partial charge in [0.1, 0.15) is 12.9 Å². The van der Waals surface area contributed by atoms with Crippen LogP contribution in [0.25, 0.3) is 16.9 Å². The van der Waals surface area contributed by atoms with Gasteiger partial charge in [0, 0.05) is 4.47 Å². The fourth-order valence-corrected chi connectivity index (χ4v) is 2.05. The van der Waals surface area contributed by atoms with Crippen LogP contribution >= 0.6 is 15.9 Å². The van der Waals surface area contributed by atoms with E-state index in [0.29, 0.717) is 5.65 Å². The van der Waals surface area contributed by atoms with E-state index in [9.17, 15) is 4.79 Å². The van der Waals surface area contributed by atoms with Gasteiger partial charge in [-0.25, -0.2) is 4.98 Å². The van der Waals surface area contributed by atoms with Crippen LogP contribution in [0.4, 0.5) is 0 Å². The van der Waals surface area contributed by atoms with E-state index in [1.165, 1.54) is 15.6 Å². The summed E-state index contributed by atoms with van der Waals surface area (Å²) in [6.07, 6.45) is 1.33. The normalized spacial score (nSPS) is 10.6. The van der Waals surface area contributed by atoms with Gasteiger partial charge in [-0.3, -0.25) is 9.36 Å². The molecular formula is C12H7BrN6O. The fourth-order valence-electron chi connectivity index (χ4n) is 1.79. The number of nitriles is 1. The minimum absolute atomic E-state index is 0.0626. The standard InChI is InChI=1S/C12H7BrN6O/c13-8-1-3-9(4-2-8)19-11-10(16-17-19)12(20)18(6-5-14)7-15-11/h1-4,7H,6H2. The molecule has 0 N–H and O–H groups in total. The molecule has 20 heavy (non-hydrogen) atoms. The summed E-state index contributed by atoms with van der Waals surface area (Å²) in [6, 6.07) is 9.29. The Hall–Kier alpha value is -2.53. The Balaban J connectivity index is 2.20. The fraction of sp³-hybridized carbons (Fsp3) is 0.0833. The summed E-state index contributed by atoms with van der Waals surface area (Å²) in [5.41, 5.74) is 0.887. The lowest BCUT2D eigenvalue weighted by Crippen LogP contribution is -2.20. The summed E-state index contributed by atoms with van der Waals surface area (Å²) < 4.78 is 3.62. The summed E-state index contributed by atoms with van der Waals surface area (Å²) in [7, 11) is 0. The number of nitrogens with zero attached hydrogens (tertiary/aromatic N) is 6. The molecule has 0 aliphatic rings. The molecule has 0 saturated carbocycles. The first-order valence-electron chi connectivity index (χ1n) is 5.64. The van der Waals surface area contributed by atoms with Crippen molar-refractivity contribution in [1.82, 2.24) is 24.5 Å². The summed E-state index contributed by atoms with van der Waals surface area (Å²) in [5, 5.41) is 16.4. The van der Waals surface area contributed by atoms with Gasteiger partial charge in [0.15, 0.2) is 11.2 Å². The van der Waals surface area contributed by atoms with Gasteiger partial charge in [-0.05, 0) is 24.3 Å². The van der Waals surface area contributed by atoms with Crippen molar-refractivity contribution >= 4 is 27.1 Å². The minimum atomic E-state index is -0.375. The molecule has 98 valence electrons. The third kappa shape index (κ3) is 1.98. The molecular weight excluding hydrogens is 324 g/mol. The molecule has 0 spiro atoms. The summed E-state index contributed by atoms with van der Waals surface area (Å²) >= 11 is 3.35. The van der Waals surface area contributed by atoms with Gasteiger partial charge < -0.3 is 0 Å². The molecule has 1 aromatic carbocycles. The molecule has 0 aliphatic carbocycles. The first-order valence-corrected chi connectivity index (χ1v) is 6.44. The van der Waals surface area contributed by atoms with Crippen LogP contribution in [0.2, 0.25) is 0 Å². The molecule has 2 heterocycles. The highest BCUT2D eigenvalue weighted by Gasteiger charge is 2.12. The quantitative estimate of drug-likeness (QED) is 0.705. The predicted octanol–water partition coefficient (Wildman–Crippen LogP) is 1.26. The Labute approximate surface area is 121 Å². The molecule has 0 amide bonds. The largest absolute Gasteiger partial charge is 0.284 e. The molecule has 2 aromatic heterocycles. The first kappa shape index (κ1) is 12.5. The van der Waals surface area contributed by atoms with E-state index in [-0.39, 0.29) is 17.6 Å². The van der Waals surface area contributed by atoms with E-state index in [1.54, 1.807) is 0 Å². The van der Waals surface area contributed by atoms with Gasteiger partial charge in [-0.15, -0.1) is 5.10 Å². The Morgan fingerprint density at radius 2 is 2.05 bits per heavy atom. The zero-order chi connectivity index (χ0) is 14.1. The average molecular weight is 331 g/mol. The lowest BCUT2D eigenvalue weighted by molar-refractivity contribution is 0.771. The van der Waals surface area contributed by atoms with Gasteiger partial charge in [-0.2, -0.15) is 9.94 Å². The Morgan fingerprint density at radius 3 is 2.75 bits per heavy atom. The molecule has 0 fully saturated rings. The predicted molar refractivity (Wildman–Crippen MR) is 74.2 cm³/mol. The van der Waals surface area contributed by atoms with Gasteiger partial charge in [0.25, 0.3) is 5.56 Å². The molecule has 3 rings (SSSR count). The van der Waals surface area contributed by atoms with Crippen LogP contribution in [0.1, 0.15) is 0 Å². The second-order valence-electron chi connectivity index (χ2n) is 3.99. The number of hydrogen-bond acceptors (Lipinski definition) is 5. The Bertz CT molecular complexity index is 874. The number of benzene rings is 1. The number of aromatic nitrogens is 5. The van der Waals surface area contributed by atoms with Crippen molar-refractivity contribution in [2.24, 2.45) is 0 Å². The highest BCUT2D eigenvalue weighted by Crippen LogP contribution is 2.15. The third-order valence-electron chi connectivity index (χ3n) is 2.74. The van der Waals surface area contributed by atoms with E-state index < -0.39 is 0 Å². The van der Waals surface area contributed by atoms with Crippen molar-refractivity contribution < 1.29 is 0 Å². The van der Waals surface area contributed by atoms with Crippen molar-refractivity contribution in [3.05, 3.63) is 45.4 Å². The smallest absolute Gasteiger partial charge is 0.283 e. The van der Waals surface area contributed by atoms with Crippen LogP contribution in [0, 0.1) is 11.3 Å². The Morgan fingerprint density at radius 1 is 1.30 bits per heavy atom. The van der Waals surface area contributed by atoms with E-state index >= 15 is 0 Å². The number of rotatable bonds is 2. The monoisotopic (exact) mass is 330 g/mol. The van der Waals surface area contributed by atoms with Crippen LogP contribution in [-0.2, 0) is 6.54 Å². The zero-order valence-electron chi connectivity index (χ0n) is 10.1. The number of hydrogen-bond donors (Lipinski definition) is 0. The van der Waals surface area contributed by atoms with Gasteiger partial charge in [0.2, 0.25) is 0 Å². The molecule has 0 aliphatic heterocycles. The van der Waals surface area contributed by atoms with Crippen molar-refractivity contribution in [1.29, 1.82) is 5.26 Å². The van der Waals surface area contributed by atoms with Crippen molar-refractivity contribution in [2.75, 3.05) is 0 Å². The van der Waals surface area contributed by atoms with Crippen LogP contribution in [0.3, 0.4) is 0 Å². The second kappa shape index (κ2) is 4.86. The molecule has 8 heteroatoms. The zero-order valence-corrected chi connectivity index (χ0v) is 11.6. The molecule has 7 nitrogen and oxygen atoms in total. The second-order valence-corrected chi connectivity index (χ2v) is 4.90.